The van der Waals surface area contributed by atoms with Crippen molar-refractivity contribution in [3.05, 3.63) is 70.1 Å². The van der Waals surface area contributed by atoms with E-state index in [9.17, 15) is 16.8 Å². The molecule has 372 valence electrons. The van der Waals surface area contributed by atoms with Crippen LogP contribution >= 0.6 is 10.7 Å². The summed E-state index contributed by atoms with van der Waals surface area (Å²) in [4.78, 5) is 2.89. The number of benzene rings is 2. The zero-order valence-electron chi connectivity index (χ0n) is 37.6. The van der Waals surface area contributed by atoms with Gasteiger partial charge < -0.3 is 62.3 Å². The second kappa shape index (κ2) is 46.9. The topological polar surface area (TPSA) is 268 Å². The second-order valence-corrected chi connectivity index (χ2v) is 16.4. The van der Waals surface area contributed by atoms with Crippen molar-refractivity contribution in [3.63, 3.8) is 0 Å². The number of rotatable bonds is 37. The highest BCUT2D eigenvalue weighted by Crippen LogP contribution is 2.15. The van der Waals surface area contributed by atoms with Gasteiger partial charge in [0.25, 0.3) is 19.2 Å². The van der Waals surface area contributed by atoms with E-state index < -0.39 is 19.2 Å². The first kappa shape index (κ1) is 63.5. The molecule has 24 heteroatoms. The summed E-state index contributed by atoms with van der Waals surface area (Å²) < 4.78 is 106. The van der Waals surface area contributed by atoms with Crippen LogP contribution in [0.1, 0.15) is 11.1 Å². The van der Waals surface area contributed by atoms with E-state index in [1.165, 1.54) is 24.3 Å². The first-order valence-electron chi connectivity index (χ1n) is 20.3. The molecule has 21 nitrogen and oxygen atoms in total. The lowest BCUT2D eigenvalue weighted by Crippen LogP contribution is -2.14. The van der Waals surface area contributed by atoms with E-state index in [-0.39, 0.29) is 36.2 Å². The molecule has 0 saturated heterocycles. The van der Waals surface area contributed by atoms with E-state index in [2.05, 4.69) is 10.0 Å². The fourth-order valence-corrected chi connectivity index (χ4v) is 5.53. The molecule has 0 aromatic heterocycles. The molecular formula is C40H70ClN3O18S2. The number of azide groups is 1. The molecular weight excluding hydrogens is 910 g/mol. The first-order chi connectivity index (χ1) is 30.9. The summed E-state index contributed by atoms with van der Waals surface area (Å²) in [7, 11) is 1.06. The van der Waals surface area contributed by atoms with Crippen LogP contribution in [0.3, 0.4) is 0 Å². The zero-order chi connectivity index (χ0) is 47.8. The molecule has 2 N–H and O–H groups in total. The maximum absolute atomic E-state index is 11.9. The van der Waals surface area contributed by atoms with Crippen LogP contribution in [0, 0.1) is 13.8 Å². The maximum atomic E-state index is 11.9. The monoisotopic (exact) mass is 979 g/mol. The maximum Gasteiger partial charge on any atom is 0.297 e. The highest BCUT2D eigenvalue weighted by molar-refractivity contribution is 8.13. The van der Waals surface area contributed by atoms with Crippen molar-refractivity contribution < 1.29 is 83.3 Å². The molecule has 2 rings (SSSR count). The Balaban J connectivity index is 0. The van der Waals surface area contributed by atoms with E-state index in [0.717, 1.165) is 11.1 Å². The SMILES string of the molecule is COCCOCCOCCOCCN=[N+]=[N-].COCCOCCOCCOCCOS(=O)(=O)c1ccc(C)cc1.Cc1ccc(S(=O)(=O)Cl)cc1.OCCOCCOCCOCCO. The predicted octanol–water partition coefficient (Wildman–Crippen LogP) is 3.33. The Labute approximate surface area is 383 Å². The molecule has 0 heterocycles. The van der Waals surface area contributed by atoms with Crippen molar-refractivity contribution in [2.24, 2.45) is 5.11 Å². The molecule has 2 aromatic carbocycles. The molecule has 2 aromatic rings. The van der Waals surface area contributed by atoms with Gasteiger partial charge in [0.1, 0.15) is 0 Å². The van der Waals surface area contributed by atoms with Crippen LogP contribution in [0.25, 0.3) is 10.4 Å². The number of aliphatic hydroxyl groups is 2. The average Bonchev–Trinajstić information content (AvgIpc) is 3.27. The highest BCUT2D eigenvalue weighted by atomic mass is 35.7. The summed E-state index contributed by atoms with van der Waals surface area (Å²) in [6.45, 7) is 13.6. The highest BCUT2D eigenvalue weighted by Gasteiger charge is 2.14. The minimum atomic E-state index is -3.73. The van der Waals surface area contributed by atoms with E-state index in [0.29, 0.717) is 132 Å². The van der Waals surface area contributed by atoms with Crippen molar-refractivity contribution in [2.75, 3.05) is 173 Å². The summed E-state index contributed by atoms with van der Waals surface area (Å²) in [5, 5.41) is 20.0. The van der Waals surface area contributed by atoms with Gasteiger partial charge in [0, 0.05) is 36.4 Å². The summed E-state index contributed by atoms with van der Waals surface area (Å²) in [5.41, 5.74) is 9.98. The van der Waals surface area contributed by atoms with Crippen LogP contribution in [0.5, 0.6) is 0 Å². The Kier molecular flexibility index (Phi) is 46.5. The Morgan fingerprint density at radius 3 is 1.09 bits per heavy atom. The van der Waals surface area contributed by atoms with Gasteiger partial charge in [-0.25, -0.2) is 8.42 Å². The summed E-state index contributed by atoms with van der Waals surface area (Å²) in [6.07, 6.45) is 0. The van der Waals surface area contributed by atoms with Crippen molar-refractivity contribution in [1.29, 1.82) is 0 Å². The van der Waals surface area contributed by atoms with Crippen molar-refractivity contribution in [1.82, 2.24) is 0 Å². The molecule has 64 heavy (non-hydrogen) atoms. The third kappa shape index (κ3) is 44.6. The van der Waals surface area contributed by atoms with E-state index in [1.807, 2.05) is 13.8 Å². The zero-order valence-corrected chi connectivity index (χ0v) is 39.9. The number of ether oxygens (including phenoxy) is 11. The van der Waals surface area contributed by atoms with Crippen molar-refractivity contribution in [2.45, 2.75) is 23.6 Å². The molecule has 0 saturated carbocycles. The standard InChI is InChI=1S/C16H26O7S.C9H19N3O4.C8H18O5.C7H7ClO2S/c1-15-3-5-16(6-4-15)24(17,18)23-14-13-22-12-11-21-10-9-20-8-7-19-2;1-13-4-5-15-8-9-16-7-6-14-3-2-11-12-10;9-1-3-11-5-7-13-8-6-12-4-2-10;1-6-2-4-7(5-3-6)11(8,9)10/h3-6H,7-14H2,1-2H3;2-9H2,1H3;9-10H,1-8H2;2-5H,1H3. The fraction of sp³-hybridized carbons (Fsp3) is 0.700. The molecule has 0 fully saturated rings. The molecule has 0 bridgehead atoms. The Morgan fingerprint density at radius 1 is 0.484 bits per heavy atom. The molecule has 0 unspecified atom stereocenters. The number of methoxy groups -OCH3 is 2. The largest absolute Gasteiger partial charge is 0.394 e. The van der Waals surface area contributed by atoms with Gasteiger partial charge in [-0.3, -0.25) is 4.18 Å². The van der Waals surface area contributed by atoms with Crippen molar-refractivity contribution >= 4 is 29.9 Å². The van der Waals surface area contributed by atoms with Crippen LogP contribution < -0.4 is 0 Å². The smallest absolute Gasteiger partial charge is 0.297 e. The predicted molar refractivity (Wildman–Crippen MR) is 238 cm³/mol. The van der Waals surface area contributed by atoms with E-state index >= 15 is 0 Å². The first-order valence-corrected chi connectivity index (χ1v) is 24.0. The Bertz CT molecular complexity index is 1570. The van der Waals surface area contributed by atoms with Crippen LogP contribution in [0.4, 0.5) is 0 Å². The lowest BCUT2D eigenvalue weighted by molar-refractivity contribution is 0.000401. The van der Waals surface area contributed by atoms with E-state index in [4.69, 9.17) is 82.7 Å². The third-order valence-electron chi connectivity index (χ3n) is 7.04. The second-order valence-electron chi connectivity index (χ2n) is 12.2. The lowest BCUT2D eigenvalue weighted by Gasteiger charge is -2.08. The lowest BCUT2D eigenvalue weighted by atomic mass is 10.2. The number of aryl methyl sites for hydroxylation is 2. The normalized spacial score (nSPS) is 11.0. The molecule has 0 aliphatic rings. The third-order valence-corrected chi connectivity index (χ3v) is 9.74. The number of halogens is 1. The van der Waals surface area contributed by atoms with Gasteiger partial charge in [0.15, 0.2) is 0 Å². The van der Waals surface area contributed by atoms with Gasteiger partial charge in [-0.15, -0.1) is 0 Å². The minimum absolute atomic E-state index is 0.0314. The Morgan fingerprint density at radius 2 is 0.781 bits per heavy atom. The van der Waals surface area contributed by atoms with Crippen LogP contribution in [-0.2, 0) is 75.5 Å². The average molecular weight is 981 g/mol. The number of nitrogens with zero attached hydrogens (tertiary/aromatic N) is 3. The summed E-state index contributed by atoms with van der Waals surface area (Å²) in [5.74, 6) is 0. The Hall–Kier alpha value is -2.62. The van der Waals surface area contributed by atoms with Crippen LogP contribution in [-0.4, -0.2) is 200 Å². The van der Waals surface area contributed by atoms with Gasteiger partial charge in [0.2, 0.25) is 0 Å². The van der Waals surface area contributed by atoms with Gasteiger partial charge >= 0.3 is 0 Å². The fourth-order valence-electron chi connectivity index (χ4n) is 3.87. The van der Waals surface area contributed by atoms with Gasteiger partial charge in [-0.2, -0.15) is 8.42 Å². The van der Waals surface area contributed by atoms with E-state index in [1.54, 1.807) is 38.5 Å². The molecule has 0 radical (unpaired) electrons. The number of hydrogen-bond donors (Lipinski definition) is 2. The summed E-state index contributed by atoms with van der Waals surface area (Å²) >= 11 is 0. The number of hydrogen-bond acceptors (Lipinski definition) is 19. The van der Waals surface area contributed by atoms with Gasteiger partial charge in [-0.1, -0.05) is 40.5 Å². The minimum Gasteiger partial charge on any atom is -0.394 e. The van der Waals surface area contributed by atoms with Crippen LogP contribution in [0.2, 0.25) is 0 Å². The summed E-state index contributed by atoms with van der Waals surface area (Å²) in [6, 6.07) is 12.9. The molecule has 0 aliphatic heterocycles. The van der Waals surface area contributed by atoms with Crippen LogP contribution in [0.15, 0.2) is 63.4 Å². The molecule has 0 atom stereocenters. The molecule has 0 aliphatic carbocycles. The van der Waals surface area contributed by atoms with Gasteiger partial charge in [-0.05, 0) is 43.6 Å². The van der Waals surface area contributed by atoms with Crippen molar-refractivity contribution in [3.8, 4) is 0 Å². The molecule has 0 spiro atoms. The quantitative estimate of drug-likeness (QED) is 0.0245. The molecule has 0 amide bonds. The number of aliphatic hydroxyl groups excluding tert-OH is 2. The van der Waals surface area contributed by atoms with Gasteiger partial charge in [0.05, 0.1) is 162 Å².